The Balaban J connectivity index is 1.76. The number of anilines is 1. The van der Waals surface area contributed by atoms with Crippen LogP contribution >= 0.6 is 0 Å². The summed E-state index contributed by atoms with van der Waals surface area (Å²) >= 11 is 0. The molecular formula is C15H18N2O3S. The van der Waals surface area contributed by atoms with Crippen molar-refractivity contribution in [2.75, 3.05) is 24.3 Å². The van der Waals surface area contributed by atoms with Crippen molar-refractivity contribution in [3.63, 3.8) is 0 Å². The number of nitrogens with zero attached hydrogens (tertiary/aromatic N) is 1. The molecule has 1 aromatic carbocycles. The van der Waals surface area contributed by atoms with Crippen molar-refractivity contribution in [2.24, 2.45) is 0 Å². The Labute approximate surface area is 126 Å². The average molecular weight is 306 g/mol. The first-order valence-corrected chi connectivity index (χ1v) is 8.32. The van der Waals surface area contributed by atoms with Gasteiger partial charge in [-0.25, -0.2) is 0 Å². The van der Waals surface area contributed by atoms with E-state index in [1.165, 1.54) is 0 Å². The molecule has 1 fully saturated rings. The van der Waals surface area contributed by atoms with Crippen molar-refractivity contribution in [1.82, 2.24) is 0 Å². The molecule has 6 heteroatoms. The molecule has 5 nitrogen and oxygen atoms in total. The quantitative estimate of drug-likeness (QED) is 0.900. The van der Waals surface area contributed by atoms with E-state index in [2.05, 4.69) is 5.32 Å². The van der Waals surface area contributed by atoms with Gasteiger partial charge in [-0.15, -0.1) is 0 Å². The number of nitrogens with one attached hydrogen (secondary N) is 1. The summed E-state index contributed by atoms with van der Waals surface area (Å²) in [7, 11) is -0.974. The number of hydrogen-bond acceptors (Lipinski definition) is 4. The van der Waals surface area contributed by atoms with Gasteiger partial charge in [0.05, 0.1) is 11.6 Å². The van der Waals surface area contributed by atoms with Gasteiger partial charge in [-0.05, 0) is 37.1 Å². The molecule has 1 heterocycles. The lowest BCUT2D eigenvalue weighted by molar-refractivity contribution is -0.115. The predicted octanol–water partition coefficient (Wildman–Crippen LogP) is 1.81. The van der Waals surface area contributed by atoms with E-state index in [0.29, 0.717) is 30.2 Å². The SMILES string of the molecule is N#Cc1ccc(NC(=O)CCS(=O)C2CCOCC2)cc1. The standard InChI is InChI=1S/C15H18N2O3S/c16-11-12-1-3-13(4-2-12)17-15(18)7-10-21(19)14-5-8-20-9-6-14/h1-4,14H,5-10H2,(H,17,18). The molecule has 1 amide bonds. The Morgan fingerprint density at radius 1 is 1.33 bits per heavy atom. The molecule has 0 aliphatic carbocycles. The maximum absolute atomic E-state index is 12.1. The number of carbonyl (C=O) groups excluding carboxylic acids is 1. The van der Waals surface area contributed by atoms with Gasteiger partial charge in [-0.3, -0.25) is 9.00 Å². The summed E-state index contributed by atoms with van der Waals surface area (Å²) in [6.45, 7) is 1.32. The van der Waals surface area contributed by atoms with Crippen molar-refractivity contribution in [3.05, 3.63) is 29.8 Å². The molecular weight excluding hydrogens is 288 g/mol. The lowest BCUT2D eigenvalue weighted by Gasteiger charge is -2.21. The van der Waals surface area contributed by atoms with Crippen LogP contribution in [0.15, 0.2) is 24.3 Å². The predicted molar refractivity (Wildman–Crippen MR) is 81.3 cm³/mol. The third-order valence-electron chi connectivity index (χ3n) is 3.37. The Bertz CT molecular complexity index is 545. The number of benzene rings is 1. The molecule has 1 aliphatic rings. The Morgan fingerprint density at radius 3 is 2.62 bits per heavy atom. The van der Waals surface area contributed by atoms with Crippen LogP contribution in [0.2, 0.25) is 0 Å². The third-order valence-corrected chi connectivity index (χ3v) is 5.19. The van der Waals surface area contributed by atoms with Crippen LogP contribution in [0.4, 0.5) is 5.69 Å². The number of ether oxygens (including phenoxy) is 1. The molecule has 0 saturated carbocycles. The molecule has 21 heavy (non-hydrogen) atoms. The minimum atomic E-state index is -0.974. The molecule has 1 atom stereocenters. The number of amides is 1. The molecule has 1 aromatic rings. The summed E-state index contributed by atoms with van der Waals surface area (Å²) < 4.78 is 17.3. The topological polar surface area (TPSA) is 79.2 Å². The summed E-state index contributed by atoms with van der Waals surface area (Å²) in [5.74, 6) is 0.229. The largest absolute Gasteiger partial charge is 0.381 e. The van der Waals surface area contributed by atoms with Gasteiger partial charge in [0.25, 0.3) is 0 Å². The minimum absolute atomic E-state index is 0.153. The zero-order valence-electron chi connectivity index (χ0n) is 11.7. The maximum Gasteiger partial charge on any atom is 0.225 e. The lowest BCUT2D eigenvalue weighted by atomic mass is 10.2. The van der Waals surface area contributed by atoms with Crippen molar-refractivity contribution >= 4 is 22.4 Å². The monoisotopic (exact) mass is 306 g/mol. The summed E-state index contributed by atoms with van der Waals surface area (Å²) in [5.41, 5.74) is 1.20. The van der Waals surface area contributed by atoms with Crippen LogP contribution in [0.1, 0.15) is 24.8 Å². The zero-order valence-corrected chi connectivity index (χ0v) is 12.5. The van der Waals surface area contributed by atoms with Crippen molar-refractivity contribution < 1.29 is 13.7 Å². The van der Waals surface area contributed by atoms with Crippen LogP contribution in [0.25, 0.3) is 0 Å². The van der Waals surface area contributed by atoms with Gasteiger partial charge in [0, 0.05) is 47.1 Å². The molecule has 0 aromatic heterocycles. The van der Waals surface area contributed by atoms with E-state index in [0.717, 1.165) is 12.8 Å². The highest BCUT2D eigenvalue weighted by atomic mass is 32.2. The Morgan fingerprint density at radius 2 is 2.00 bits per heavy atom. The normalized spacial score (nSPS) is 16.9. The summed E-state index contributed by atoms with van der Waals surface area (Å²) in [4.78, 5) is 11.8. The molecule has 0 bridgehead atoms. The third kappa shape index (κ3) is 4.96. The summed E-state index contributed by atoms with van der Waals surface area (Å²) in [6, 6.07) is 8.69. The maximum atomic E-state index is 12.1. The molecule has 1 aliphatic heterocycles. The number of rotatable bonds is 5. The van der Waals surface area contributed by atoms with Crippen molar-refractivity contribution in [1.29, 1.82) is 5.26 Å². The highest BCUT2D eigenvalue weighted by molar-refractivity contribution is 7.85. The number of carbonyl (C=O) groups is 1. The van der Waals surface area contributed by atoms with Gasteiger partial charge in [-0.1, -0.05) is 0 Å². The molecule has 1 unspecified atom stereocenters. The fraction of sp³-hybridized carbons (Fsp3) is 0.467. The van der Waals surface area contributed by atoms with Gasteiger partial charge in [0.1, 0.15) is 0 Å². The zero-order chi connectivity index (χ0) is 15.1. The fourth-order valence-corrected chi connectivity index (χ4v) is 3.59. The molecule has 1 N–H and O–H groups in total. The Kier molecular flexibility index (Phi) is 5.90. The average Bonchev–Trinajstić information content (AvgIpc) is 2.54. The molecule has 0 spiro atoms. The molecule has 1 saturated heterocycles. The van der Waals surface area contributed by atoms with Crippen LogP contribution in [0.5, 0.6) is 0 Å². The summed E-state index contributed by atoms with van der Waals surface area (Å²) in [5, 5.41) is 11.6. The molecule has 112 valence electrons. The number of nitriles is 1. The molecule has 2 rings (SSSR count). The van der Waals surface area contributed by atoms with E-state index in [1.54, 1.807) is 24.3 Å². The van der Waals surface area contributed by atoms with Crippen molar-refractivity contribution in [3.8, 4) is 6.07 Å². The first-order chi connectivity index (χ1) is 10.2. The number of hydrogen-bond donors (Lipinski definition) is 1. The minimum Gasteiger partial charge on any atom is -0.381 e. The van der Waals surface area contributed by atoms with Gasteiger partial charge in [0.15, 0.2) is 0 Å². The van der Waals surface area contributed by atoms with E-state index >= 15 is 0 Å². The molecule has 0 radical (unpaired) electrons. The highest BCUT2D eigenvalue weighted by Gasteiger charge is 2.20. The second-order valence-corrected chi connectivity index (χ2v) is 6.72. The van der Waals surface area contributed by atoms with E-state index in [4.69, 9.17) is 10.00 Å². The fourth-order valence-electron chi connectivity index (χ4n) is 2.15. The second-order valence-electron chi connectivity index (χ2n) is 4.88. The smallest absolute Gasteiger partial charge is 0.225 e. The van der Waals surface area contributed by atoms with E-state index in [9.17, 15) is 9.00 Å². The second kappa shape index (κ2) is 7.91. The van der Waals surface area contributed by atoms with Crippen LogP contribution in [-0.4, -0.2) is 34.3 Å². The van der Waals surface area contributed by atoms with Crippen LogP contribution in [-0.2, 0) is 20.3 Å². The van der Waals surface area contributed by atoms with E-state index < -0.39 is 10.8 Å². The lowest BCUT2D eigenvalue weighted by Crippen LogP contribution is -2.27. The van der Waals surface area contributed by atoms with Gasteiger partial charge in [0.2, 0.25) is 5.91 Å². The Hall–Kier alpha value is -1.71. The van der Waals surface area contributed by atoms with Gasteiger partial charge < -0.3 is 10.1 Å². The highest BCUT2D eigenvalue weighted by Crippen LogP contribution is 2.14. The van der Waals surface area contributed by atoms with E-state index in [1.807, 2.05) is 6.07 Å². The van der Waals surface area contributed by atoms with Crippen molar-refractivity contribution in [2.45, 2.75) is 24.5 Å². The van der Waals surface area contributed by atoms with Crippen LogP contribution in [0, 0.1) is 11.3 Å². The van der Waals surface area contributed by atoms with Crippen LogP contribution in [0.3, 0.4) is 0 Å². The summed E-state index contributed by atoms with van der Waals surface area (Å²) in [6.07, 6.45) is 1.86. The van der Waals surface area contributed by atoms with E-state index in [-0.39, 0.29) is 17.6 Å². The first kappa shape index (κ1) is 15.7. The first-order valence-electron chi connectivity index (χ1n) is 6.94. The van der Waals surface area contributed by atoms with Crippen LogP contribution < -0.4 is 5.32 Å². The van der Waals surface area contributed by atoms with Gasteiger partial charge >= 0.3 is 0 Å². The van der Waals surface area contributed by atoms with Gasteiger partial charge in [-0.2, -0.15) is 5.26 Å².